The number of anilines is 1. The maximum absolute atomic E-state index is 4.73. The molecule has 0 fully saturated rings. The second-order valence-electron chi connectivity index (χ2n) is 5.93. The molecule has 122 valence electrons. The van der Waals surface area contributed by atoms with E-state index in [9.17, 15) is 0 Å². The molecule has 0 aromatic heterocycles. The molecule has 1 aromatic carbocycles. The topological polar surface area (TPSA) is 27.6 Å². The van der Waals surface area contributed by atoms with Crippen molar-refractivity contribution in [3.63, 3.8) is 0 Å². The van der Waals surface area contributed by atoms with E-state index in [0.717, 1.165) is 39.7 Å². The van der Waals surface area contributed by atoms with Crippen molar-refractivity contribution < 1.29 is 0 Å². The highest BCUT2D eigenvalue weighted by Crippen LogP contribution is 2.34. The van der Waals surface area contributed by atoms with E-state index in [1.807, 2.05) is 32.1 Å². The van der Waals surface area contributed by atoms with Gasteiger partial charge in [0.1, 0.15) is 0 Å². The number of hydrogen-bond donors (Lipinski definition) is 2. The maximum atomic E-state index is 4.73. The number of benzene rings is 1. The molecule has 0 spiro atoms. The lowest BCUT2D eigenvalue weighted by atomic mass is 9.96. The molecule has 0 unspecified atom stereocenters. The van der Waals surface area contributed by atoms with Gasteiger partial charge in [-0.25, -0.2) is 0 Å². The first kappa shape index (κ1) is 17.4. The monoisotopic (exact) mass is 327 g/mol. The van der Waals surface area contributed by atoms with Gasteiger partial charge in [0.2, 0.25) is 0 Å². The third-order valence-corrected chi connectivity index (χ3v) is 4.45. The fourth-order valence-electron chi connectivity index (χ4n) is 2.82. The molecule has 1 aliphatic rings. The van der Waals surface area contributed by atoms with E-state index in [-0.39, 0.29) is 0 Å². The van der Waals surface area contributed by atoms with Gasteiger partial charge in [0.05, 0.1) is 6.54 Å². The zero-order chi connectivity index (χ0) is 17.1. The van der Waals surface area contributed by atoms with Crippen LogP contribution in [0.15, 0.2) is 45.9 Å². The number of nitrogens with one attached hydrogen (secondary N) is 1. The van der Waals surface area contributed by atoms with Crippen molar-refractivity contribution in [2.24, 2.45) is 4.99 Å². The second-order valence-corrected chi connectivity index (χ2v) is 6.41. The Hall–Kier alpha value is -1.94. The van der Waals surface area contributed by atoms with Crippen LogP contribution in [0.1, 0.15) is 25.0 Å². The van der Waals surface area contributed by atoms with Gasteiger partial charge in [0.25, 0.3) is 0 Å². The summed E-state index contributed by atoms with van der Waals surface area (Å²) in [4.78, 5) is 7.51. The first-order valence-corrected chi connectivity index (χ1v) is 8.11. The number of nitrogens with zero attached hydrogens (tertiary/aromatic N) is 2. The molecule has 3 nitrogen and oxygen atoms in total. The predicted molar refractivity (Wildman–Crippen MR) is 106 cm³/mol. The molecular weight excluding hydrogens is 302 g/mol. The molecule has 1 heterocycles. The van der Waals surface area contributed by atoms with Crippen LogP contribution in [-0.4, -0.2) is 38.3 Å². The fraction of sp³-hybridized carbons (Fsp3) is 0.316. The largest absolute Gasteiger partial charge is 0.388 e. The van der Waals surface area contributed by atoms with Gasteiger partial charge >= 0.3 is 0 Å². The lowest BCUT2D eigenvalue weighted by molar-refractivity contribution is 0.534. The van der Waals surface area contributed by atoms with Crippen LogP contribution < -0.4 is 5.32 Å². The summed E-state index contributed by atoms with van der Waals surface area (Å²) in [7, 11) is 5.95. The summed E-state index contributed by atoms with van der Waals surface area (Å²) in [6.07, 6.45) is 3.95. The molecule has 0 radical (unpaired) electrons. The third kappa shape index (κ3) is 3.53. The van der Waals surface area contributed by atoms with E-state index in [2.05, 4.69) is 48.9 Å². The summed E-state index contributed by atoms with van der Waals surface area (Å²) in [5.41, 5.74) is 7.96. The van der Waals surface area contributed by atoms with Gasteiger partial charge in [-0.15, -0.1) is 12.6 Å². The van der Waals surface area contributed by atoms with E-state index in [0.29, 0.717) is 0 Å². The van der Waals surface area contributed by atoms with Gasteiger partial charge < -0.3 is 10.2 Å². The van der Waals surface area contributed by atoms with Gasteiger partial charge in [-0.2, -0.15) is 0 Å². The molecule has 0 amide bonds. The minimum absolute atomic E-state index is 0.793. The molecule has 0 bridgehead atoms. The lowest BCUT2D eigenvalue weighted by Gasteiger charge is -2.17. The summed E-state index contributed by atoms with van der Waals surface area (Å²) < 4.78 is 0. The number of aliphatic imine (C=N–C) groups is 1. The van der Waals surface area contributed by atoms with Crippen LogP contribution >= 0.6 is 12.6 Å². The Morgan fingerprint density at radius 1 is 1.35 bits per heavy atom. The van der Waals surface area contributed by atoms with Crippen molar-refractivity contribution >= 4 is 35.7 Å². The average Bonchev–Trinajstić information content (AvgIpc) is 2.84. The molecule has 0 saturated carbocycles. The van der Waals surface area contributed by atoms with Crippen LogP contribution in [0.25, 0.3) is 11.6 Å². The zero-order valence-electron chi connectivity index (χ0n) is 14.6. The first-order valence-electron chi connectivity index (χ1n) is 7.66. The standard InChI is InChI=1S/C19H25N3S/c1-7-15(22(5)6)10-16-17(20-4)8-14(9-18(16)23)19-12(2)11-21-13(19)3/h7-10,20,23H,1,11H2,2-6H3/b15-10+. The normalized spacial score (nSPS) is 14.9. The van der Waals surface area contributed by atoms with Crippen molar-refractivity contribution in [2.45, 2.75) is 18.7 Å². The van der Waals surface area contributed by atoms with Gasteiger partial charge in [-0.3, -0.25) is 4.99 Å². The van der Waals surface area contributed by atoms with Gasteiger partial charge in [0, 0.05) is 54.3 Å². The summed E-state index contributed by atoms with van der Waals surface area (Å²) >= 11 is 4.73. The molecule has 0 aliphatic carbocycles. The van der Waals surface area contributed by atoms with E-state index in [4.69, 9.17) is 12.6 Å². The van der Waals surface area contributed by atoms with E-state index in [1.54, 1.807) is 0 Å². The van der Waals surface area contributed by atoms with Crippen LogP contribution in [0.4, 0.5) is 5.69 Å². The van der Waals surface area contributed by atoms with Gasteiger partial charge in [0.15, 0.2) is 0 Å². The number of rotatable bonds is 5. The Kier molecular flexibility index (Phi) is 5.37. The number of allylic oxidation sites excluding steroid dienone is 2. The first-order chi connectivity index (χ1) is 10.9. The maximum Gasteiger partial charge on any atom is 0.0610 e. The van der Waals surface area contributed by atoms with Gasteiger partial charge in [-0.1, -0.05) is 6.58 Å². The van der Waals surface area contributed by atoms with Crippen LogP contribution in [-0.2, 0) is 0 Å². The Labute approximate surface area is 144 Å². The average molecular weight is 327 g/mol. The zero-order valence-corrected chi connectivity index (χ0v) is 15.5. The van der Waals surface area contributed by atoms with Crippen LogP contribution in [0.5, 0.6) is 0 Å². The number of hydrogen-bond acceptors (Lipinski definition) is 4. The van der Waals surface area contributed by atoms with E-state index >= 15 is 0 Å². The molecule has 4 heteroatoms. The quantitative estimate of drug-likeness (QED) is 0.621. The molecule has 0 saturated heterocycles. The molecule has 0 atom stereocenters. The molecule has 1 aliphatic heterocycles. The second kappa shape index (κ2) is 7.09. The SMILES string of the molecule is C=C/C(=C\c1c(S)cc(C2=C(C)CN=C2C)cc1NC)N(C)C. The van der Waals surface area contributed by atoms with Gasteiger partial charge in [-0.05, 0) is 49.3 Å². The highest BCUT2D eigenvalue weighted by atomic mass is 32.1. The lowest BCUT2D eigenvalue weighted by Crippen LogP contribution is -2.09. The van der Waals surface area contributed by atoms with Crippen molar-refractivity contribution in [2.75, 3.05) is 33.0 Å². The molecular formula is C19H25N3S. The fourth-order valence-corrected chi connectivity index (χ4v) is 3.14. The minimum atomic E-state index is 0.793. The van der Waals surface area contributed by atoms with Crippen molar-refractivity contribution in [3.8, 4) is 0 Å². The van der Waals surface area contributed by atoms with Crippen LogP contribution in [0.2, 0.25) is 0 Å². The number of likely N-dealkylation sites (N-methyl/N-ethyl adjacent to an activating group) is 1. The van der Waals surface area contributed by atoms with Crippen molar-refractivity contribution in [3.05, 3.63) is 47.2 Å². The molecule has 1 aromatic rings. The van der Waals surface area contributed by atoms with Crippen molar-refractivity contribution in [1.29, 1.82) is 0 Å². The Bertz CT molecular complexity index is 724. The summed E-state index contributed by atoms with van der Waals surface area (Å²) in [6, 6.07) is 4.29. The Morgan fingerprint density at radius 3 is 2.52 bits per heavy atom. The summed E-state index contributed by atoms with van der Waals surface area (Å²) in [6.45, 7) is 8.89. The molecule has 1 N–H and O–H groups in total. The van der Waals surface area contributed by atoms with E-state index < -0.39 is 0 Å². The van der Waals surface area contributed by atoms with E-state index in [1.165, 1.54) is 11.1 Å². The van der Waals surface area contributed by atoms with Crippen molar-refractivity contribution in [1.82, 2.24) is 4.90 Å². The van der Waals surface area contributed by atoms with Crippen LogP contribution in [0, 0.1) is 0 Å². The highest BCUT2D eigenvalue weighted by molar-refractivity contribution is 7.80. The Balaban J connectivity index is 2.59. The van der Waals surface area contributed by atoms with Crippen LogP contribution in [0.3, 0.4) is 0 Å². The molecule has 2 rings (SSSR count). The summed E-state index contributed by atoms with van der Waals surface area (Å²) in [5, 5.41) is 3.29. The highest BCUT2D eigenvalue weighted by Gasteiger charge is 2.17. The molecule has 23 heavy (non-hydrogen) atoms. The third-order valence-electron chi connectivity index (χ3n) is 4.08. The smallest absolute Gasteiger partial charge is 0.0610 e. The minimum Gasteiger partial charge on any atom is -0.388 e. The Morgan fingerprint density at radius 2 is 2.04 bits per heavy atom. The summed E-state index contributed by atoms with van der Waals surface area (Å²) in [5.74, 6) is 0. The number of thiol groups is 1. The predicted octanol–water partition coefficient (Wildman–Crippen LogP) is 4.35.